The Morgan fingerprint density at radius 1 is 1.45 bits per heavy atom. The fourth-order valence-electron chi connectivity index (χ4n) is 2.15. The molecule has 2 heterocycles. The van der Waals surface area contributed by atoms with E-state index in [4.69, 9.17) is 4.52 Å². The Kier molecular flexibility index (Phi) is 7.88. The molecule has 0 atom stereocenters. The van der Waals surface area contributed by atoms with E-state index in [1.807, 2.05) is 13.8 Å². The number of rotatable bonds is 5. The van der Waals surface area contributed by atoms with Gasteiger partial charge in [-0.2, -0.15) is 0 Å². The van der Waals surface area contributed by atoms with Gasteiger partial charge in [-0.1, -0.05) is 11.2 Å². The summed E-state index contributed by atoms with van der Waals surface area (Å²) in [5.41, 5.74) is 2.03. The Bertz CT molecular complexity index is 575. The molecule has 0 aliphatic carbocycles. The number of halogens is 1. The molecule has 0 fully saturated rings. The van der Waals surface area contributed by atoms with Crippen LogP contribution in [0, 0.1) is 13.8 Å². The van der Waals surface area contributed by atoms with Gasteiger partial charge in [0.25, 0.3) is 0 Å². The molecule has 1 N–H and O–H groups in total. The highest BCUT2D eigenvalue weighted by atomic mass is 127. The summed E-state index contributed by atoms with van der Waals surface area (Å²) in [4.78, 5) is 7.86. The number of likely N-dealkylation sites (N-methyl/N-ethyl adjacent to an activating group) is 1. The van der Waals surface area contributed by atoms with Crippen LogP contribution in [-0.4, -0.2) is 36.7 Å². The summed E-state index contributed by atoms with van der Waals surface area (Å²) in [5.74, 6) is 1.74. The summed E-state index contributed by atoms with van der Waals surface area (Å²) in [5, 5.41) is 9.44. The maximum atomic E-state index is 5.18. The molecule has 122 valence electrons. The van der Waals surface area contributed by atoms with Crippen molar-refractivity contribution in [1.82, 2.24) is 15.4 Å². The number of hydrogen-bond donors (Lipinski definition) is 1. The lowest BCUT2D eigenvalue weighted by Gasteiger charge is -2.21. The molecule has 0 aromatic carbocycles. The molecule has 0 saturated carbocycles. The predicted molar refractivity (Wildman–Crippen MR) is 102 cm³/mol. The molecular weight excluding hydrogens is 411 g/mol. The third-order valence-electron chi connectivity index (χ3n) is 3.45. The van der Waals surface area contributed by atoms with Crippen LogP contribution in [0.2, 0.25) is 0 Å². The summed E-state index contributed by atoms with van der Waals surface area (Å²) in [6, 6.07) is 4.25. The first kappa shape index (κ1) is 19.0. The Balaban J connectivity index is 0.00000242. The SMILES string of the molecule is CN=C(NCc1c(C)noc1C)N(C)CCc1cccs1.I. The van der Waals surface area contributed by atoms with E-state index in [2.05, 4.69) is 44.9 Å². The third-order valence-corrected chi connectivity index (χ3v) is 4.39. The van der Waals surface area contributed by atoms with Crippen molar-refractivity contribution >= 4 is 41.3 Å². The number of thiophene rings is 1. The van der Waals surface area contributed by atoms with Gasteiger partial charge in [-0.15, -0.1) is 35.3 Å². The molecule has 0 aliphatic heterocycles. The minimum absolute atomic E-state index is 0. The Morgan fingerprint density at radius 3 is 2.77 bits per heavy atom. The second kappa shape index (κ2) is 9.14. The van der Waals surface area contributed by atoms with Crippen LogP contribution < -0.4 is 5.32 Å². The van der Waals surface area contributed by atoms with Gasteiger partial charge in [0, 0.05) is 37.6 Å². The lowest BCUT2D eigenvalue weighted by atomic mass is 10.2. The van der Waals surface area contributed by atoms with Gasteiger partial charge in [0.15, 0.2) is 5.96 Å². The zero-order chi connectivity index (χ0) is 15.2. The number of nitrogens with zero attached hydrogens (tertiary/aromatic N) is 3. The fraction of sp³-hybridized carbons (Fsp3) is 0.467. The smallest absolute Gasteiger partial charge is 0.193 e. The number of aromatic nitrogens is 1. The van der Waals surface area contributed by atoms with E-state index in [0.717, 1.165) is 35.9 Å². The normalized spacial score (nSPS) is 11.2. The first-order valence-corrected chi connectivity index (χ1v) is 7.85. The Morgan fingerprint density at radius 2 is 2.23 bits per heavy atom. The minimum Gasteiger partial charge on any atom is -0.361 e. The molecule has 0 amide bonds. The minimum atomic E-state index is 0. The summed E-state index contributed by atoms with van der Waals surface area (Å²) in [6.45, 7) is 5.50. The van der Waals surface area contributed by atoms with E-state index < -0.39 is 0 Å². The van der Waals surface area contributed by atoms with E-state index in [9.17, 15) is 0 Å². The maximum absolute atomic E-state index is 5.18. The molecule has 0 aliphatic rings. The quantitative estimate of drug-likeness (QED) is 0.446. The highest BCUT2D eigenvalue weighted by molar-refractivity contribution is 14.0. The van der Waals surface area contributed by atoms with Gasteiger partial charge < -0.3 is 14.7 Å². The van der Waals surface area contributed by atoms with Crippen molar-refractivity contribution in [2.45, 2.75) is 26.8 Å². The summed E-state index contributed by atoms with van der Waals surface area (Å²) < 4.78 is 5.18. The summed E-state index contributed by atoms with van der Waals surface area (Å²) in [6.07, 6.45) is 1.03. The predicted octanol–water partition coefficient (Wildman–Crippen LogP) is 3.22. The number of guanidine groups is 1. The van der Waals surface area contributed by atoms with E-state index >= 15 is 0 Å². The maximum Gasteiger partial charge on any atom is 0.193 e. The molecular formula is C15H23IN4OS. The van der Waals surface area contributed by atoms with Gasteiger partial charge >= 0.3 is 0 Å². The van der Waals surface area contributed by atoms with Crippen molar-refractivity contribution in [3.8, 4) is 0 Å². The lowest BCUT2D eigenvalue weighted by Crippen LogP contribution is -2.39. The van der Waals surface area contributed by atoms with Crippen LogP contribution >= 0.6 is 35.3 Å². The van der Waals surface area contributed by atoms with E-state index in [-0.39, 0.29) is 24.0 Å². The van der Waals surface area contributed by atoms with Crippen LogP contribution in [0.4, 0.5) is 0 Å². The van der Waals surface area contributed by atoms with Crippen LogP contribution in [0.3, 0.4) is 0 Å². The van der Waals surface area contributed by atoms with Gasteiger partial charge in [-0.25, -0.2) is 0 Å². The van der Waals surface area contributed by atoms with Crippen molar-refractivity contribution in [2.75, 3.05) is 20.6 Å². The van der Waals surface area contributed by atoms with E-state index in [1.165, 1.54) is 4.88 Å². The van der Waals surface area contributed by atoms with Crippen molar-refractivity contribution < 1.29 is 4.52 Å². The van der Waals surface area contributed by atoms with Crippen molar-refractivity contribution in [2.24, 2.45) is 4.99 Å². The van der Waals surface area contributed by atoms with Crippen LogP contribution in [0.15, 0.2) is 27.0 Å². The molecule has 2 aromatic rings. The highest BCUT2D eigenvalue weighted by Crippen LogP contribution is 2.12. The number of aryl methyl sites for hydroxylation is 2. The first-order valence-electron chi connectivity index (χ1n) is 6.97. The molecule has 5 nitrogen and oxygen atoms in total. The number of aliphatic imine (C=N–C) groups is 1. The summed E-state index contributed by atoms with van der Waals surface area (Å²) in [7, 11) is 3.85. The Labute approximate surface area is 152 Å². The van der Waals surface area contributed by atoms with Crippen molar-refractivity contribution in [3.05, 3.63) is 39.4 Å². The molecule has 22 heavy (non-hydrogen) atoms. The van der Waals surface area contributed by atoms with Gasteiger partial charge in [0.2, 0.25) is 0 Å². The average Bonchev–Trinajstić information content (AvgIpc) is 3.09. The molecule has 0 radical (unpaired) electrons. The second-order valence-corrected chi connectivity index (χ2v) is 5.99. The molecule has 0 spiro atoms. The molecule has 0 saturated heterocycles. The monoisotopic (exact) mass is 434 g/mol. The zero-order valence-corrected chi connectivity index (χ0v) is 16.6. The number of nitrogens with one attached hydrogen (secondary N) is 1. The number of hydrogen-bond acceptors (Lipinski definition) is 4. The molecule has 2 rings (SSSR count). The van der Waals surface area contributed by atoms with Crippen LogP contribution in [0.5, 0.6) is 0 Å². The molecule has 2 aromatic heterocycles. The average molecular weight is 434 g/mol. The van der Waals surface area contributed by atoms with Crippen LogP contribution in [0.25, 0.3) is 0 Å². The molecule has 0 unspecified atom stereocenters. The third kappa shape index (κ3) is 4.98. The van der Waals surface area contributed by atoms with Gasteiger partial charge in [0.05, 0.1) is 5.69 Å². The Hall–Kier alpha value is -1.09. The van der Waals surface area contributed by atoms with Gasteiger partial charge in [-0.3, -0.25) is 4.99 Å². The largest absolute Gasteiger partial charge is 0.361 e. The zero-order valence-electron chi connectivity index (χ0n) is 13.4. The second-order valence-electron chi connectivity index (χ2n) is 4.95. The standard InChI is InChI=1S/C15H22N4OS.HI/c1-11-14(12(2)20-18-11)10-17-15(16-3)19(4)8-7-13-6-5-9-21-13;/h5-6,9H,7-8,10H2,1-4H3,(H,16,17);1H. The van der Waals surface area contributed by atoms with E-state index in [0.29, 0.717) is 6.54 Å². The first-order chi connectivity index (χ1) is 10.1. The fourth-order valence-corrected chi connectivity index (χ4v) is 2.84. The highest BCUT2D eigenvalue weighted by Gasteiger charge is 2.11. The van der Waals surface area contributed by atoms with E-state index in [1.54, 1.807) is 18.4 Å². The topological polar surface area (TPSA) is 53.7 Å². The van der Waals surface area contributed by atoms with Gasteiger partial charge in [-0.05, 0) is 31.7 Å². The van der Waals surface area contributed by atoms with Crippen molar-refractivity contribution in [1.29, 1.82) is 0 Å². The molecule has 7 heteroatoms. The van der Waals surface area contributed by atoms with Gasteiger partial charge in [0.1, 0.15) is 5.76 Å². The van der Waals surface area contributed by atoms with Crippen LogP contribution in [0.1, 0.15) is 21.9 Å². The lowest BCUT2D eigenvalue weighted by molar-refractivity contribution is 0.392. The van der Waals surface area contributed by atoms with Crippen LogP contribution in [-0.2, 0) is 13.0 Å². The molecule has 0 bridgehead atoms. The van der Waals surface area contributed by atoms with Crippen molar-refractivity contribution in [3.63, 3.8) is 0 Å². The summed E-state index contributed by atoms with van der Waals surface area (Å²) >= 11 is 1.79.